The molecule has 0 aliphatic carbocycles. The van der Waals surface area contributed by atoms with Gasteiger partial charge in [0, 0.05) is 50.2 Å². The molecule has 0 fully saturated rings. The van der Waals surface area contributed by atoms with Crippen LogP contribution in [0, 0.1) is 5.92 Å². The van der Waals surface area contributed by atoms with Gasteiger partial charge in [-0.05, 0) is 48.0 Å². The summed E-state index contributed by atoms with van der Waals surface area (Å²) in [6, 6.07) is 7.61. The Hall–Kier alpha value is -3.40. The second-order valence-electron chi connectivity index (χ2n) is 7.98. The molecule has 2 unspecified atom stereocenters. The van der Waals surface area contributed by atoms with Crippen LogP contribution in [0.3, 0.4) is 0 Å². The summed E-state index contributed by atoms with van der Waals surface area (Å²) >= 11 is 1.81. The zero-order valence-corrected chi connectivity index (χ0v) is 21.6. The van der Waals surface area contributed by atoms with Crippen LogP contribution < -0.4 is 20.7 Å². The summed E-state index contributed by atoms with van der Waals surface area (Å²) in [6.07, 6.45) is 8.08. The first-order valence-electron chi connectivity index (χ1n) is 11.5. The van der Waals surface area contributed by atoms with Crippen LogP contribution in [0.25, 0.3) is 11.3 Å². The molecule has 9 nitrogen and oxygen atoms in total. The molecule has 1 aromatic carbocycles. The Morgan fingerprint density at radius 2 is 1.89 bits per heavy atom. The van der Waals surface area contributed by atoms with Crippen molar-refractivity contribution in [1.82, 2.24) is 25.3 Å². The molecule has 10 heteroatoms. The van der Waals surface area contributed by atoms with Gasteiger partial charge in [0.15, 0.2) is 0 Å². The lowest BCUT2D eigenvalue weighted by atomic mass is 9.84. The van der Waals surface area contributed by atoms with Crippen LogP contribution in [0.2, 0.25) is 0 Å². The third-order valence-corrected chi connectivity index (χ3v) is 6.66. The quantitative estimate of drug-likeness (QED) is 0.344. The Morgan fingerprint density at radius 1 is 1.11 bits per heavy atom. The maximum Gasteiger partial charge on any atom is 0.251 e. The fourth-order valence-corrected chi connectivity index (χ4v) is 4.86. The molecule has 0 saturated carbocycles. The van der Waals surface area contributed by atoms with Crippen molar-refractivity contribution in [2.75, 3.05) is 50.4 Å². The molecule has 1 amide bonds. The number of ether oxygens (including phenoxy) is 1. The van der Waals surface area contributed by atoms with Crippen LogP contribution in [-0.2, 0) is 0 Å². The normalized spacial score (nSPS) is 12.5. The molecule has 0 spiro atoms. The first kappa shape index (κ1) is 26.2. The van der Waals surface area contributed by atoms with E-state index in [-0.39, 0.29) is 11.8 Å². The monoisotopic (exact) mass is 495 g/mol. The van der Waals surface area contributed by atoms with Gasteiger partial charge in [-0.25, -0.2) is 19.9 Å². The minimum Gasteiger partial charge on any atom is -0.496 e. The van der Waals surface area contributed by atoms with E-state index in [0.717, 1.165) is 47.1 Å². The Kier molecular flexibility index (Phi) is 9.66. The first-order valence-corrected chi connectivity index (χ1v) is 12.9. The molecule has 3 N–H and O–H groups in total. The number of nitrogens with one attached hydrogen (secondary N) is 3. The van der Waals surface area contributed by atoms with Gasteiger partial charge in [-0.2, -0.15) is 11.8 Å². The van der Waals surface area contributed by atoms with Crippen molar-refractivity contribution < 1.29 is 9.53 Å². The lowest BCUT2D eigenvalue weighted by Crippen LogP contribution is -2.25. The van der Waals surface area contributed by atoms with E-state index in [1.54, 1.807) is 39.9 Å². The van der Waals surface area contributed by atoms with Crippen LogP contribution in [-0.4, -0.2) is 65.6 Å². The lowest BCUT2D eigenvalue weighted by Gasteiger charge is -2.28. The second-order valence-corrected chi connectivity index (χ2v) is 8.89. The van der Waals surface area contributed by atoms with Crippen LogP contribution in [0.15, 0.2) is 43.0 Å². The van der Waals surface area contributed by atoms with E-state index in [4.69, 9.17) is 4.74 Å². The van der Waals surface area contributed by atoms with E-state index in [9.17, 15) is 4.79 Å². The highest BCUT2D eigenvalue weighted by molar-refractivity contribution is 7.98. The molecule has 3 aromatic rings. The predicted octanol–water partition coefficient (Wildman–Crippen LogP) is 3.93. The molecule has 0 aliphatic heterocycles. The van der Waals surface area contributed by atoms with E-state index in [0.29, 0.717) is 17.4 Å². The smallest absolute Gasteiger partial charge is 0.251 e. The number of anilines is 2. The van der Waals surface area contributed by atoms with Crippen molar-refractivity contribution in [3.63, 3.8) is 0 Å². The number of rotatable bonds is 12. The molecular formula is C25H33N7O2S. The highest BCUT2D eigenvalue weighted by Gasteiger charge is 2.25. The standard InChI is InChI=1S/C25H33N7O2S/c1-6-19(20-8-7-16(24(33)26-2)9-22(20)34-4)18(14-35-5)13-28-23-10-21(31-15-32-23)17-11-29-25(27-3)30-12-17/h7-12,15,18-19H,6,13-14H2,1-5H3,(H,26,33)(H,27,29,30)(H,28,31,32). The largest absolute Gasteiger partial charge is 0.496 e. The molecule has 35 heavy (non-hydrogen) atoms. The van der Waals surface area contributed by atoms with Crippen molar-refractivity contribution in [3.05, 3.63) is 54.1 Å². The van der Waals surface area contributed by atoms with E-state index in [2.05, 4.69) is 49.1 Å². The number of methoxy groups -OCH3 is 1. The zero-order valence-electron chi connectivity index (χ0n) is 20.8. The third-order valence-electron chi connectivity index (χ3n) is 5.90. The van der Waals surface area contributed by atoms with Crippen molar-refractivity contribution in [2.45, 2.75) is 19.3 Å². The average Bonchev–Trinajstić information content (AvgIpc) is 2.91. The van der Waals surface area contributed by atoms with Gasteiger partial charge in [0.05, 0.1) is 12.8 Å². The Bertz CT molecular complexity index is 1110. The topological polar surface area (TPSA) is 114 Å². The van der Waals surface area contributed by atoms with Gasteiger partial charge >= 0.3 is 0 Å². The molecule has 0 bridgehead atoms. The van der Waals surface area contributed by atoms with Gasteiger partial charge in [-0.3, -0.25) is 4.79 Å². The molecule has 0 aliphatic rings. The summed E-state index contributed by atoms with van der Waals surface area (Å²) in [5.41, 5.74) is 3.27. The molecule has 2 atom stereocenters. The third kappa shape index (κ3) is 6.60. The van der Waals surface area contributed by atoms with Crippen LogP contribution in [0.4, 0.5) is 11.8 Å². The fraction of sp³-hybridized carbons (Fsp3) is 0.400. The van der Waals surface area contributed by atoms with Gasteiger partial charge in [-0.15, -0.1) is 0 Å². The van der Waals surface area contributed by atoms with Crippen LogP contribution >= 0.6 is 11.8 Å². The lowest BCUT2D eigenvalue weighted by molar-refractivity contribution is 0.0962. The summed E-state index contributed by atoms with van der Waals surface area (Å²) in [6.45, 7) is 2.91. The number of hydrogen-bond donors (Lipinski definition) is 3. The minimum absolute atomic E-state index is 0.129. The number of benzene rings is 1. The molecule has 2 heterocycles. The van der Waals surface area contributed by atoms with Gasteiger partial charge in [0.2, 0.25) is 5.95 Å². The molecule has 0 saturated heterocycles. The Balaban J connectivity index is 1.80. The highest BCUT2D eigenvalue weighted by Crippen LogP contribution is 2.36. The summed E-state index contributed by atoms with van der Waals surface area (Å²) in [5, 5.41) is 9.08. The molecule has 2 aromatic heterocycles. The number of hydrogen-bond acceptors (Lipinski definition) is 9. The van der Waals surface area contributed by atoms with Crippen molar-refractivity contribution in [3.8, 4) is 17.0 Å². The van der Waals surface area contributed by atoms with Gasteiger partial charge in [0.1, 0.15) is 17.9 Å². The summed E-state index contributed by atoms with van der Waals surface area (Å²) < 4.78 is 5.69. The number of amides is 1. The maximum atomic E-state index is 12.1. The first-order chi connectivity index (χ1) is 17.0. The second kappa shape index (κ2) is 12.9. The summed E-state index contributed by atoms with van der Waals surface area (Å²) in [7, 11) is 5.05. The zero-order chi connectivity index (χ0) is 25.2. The number of carbonyl (C=O) groups is 1. The molecule has 3 rings (SSSR count). The number of carbonyl (C=O) groups excluding carboxylic acids is 1. The van der Waals surface area contributed by atoms with Gasteiger partial charge < -0.3 is 20.7 Å². The summed E-state index contributed by atoms with van der Waals surface area (Å²) in [5.74, 6) is 3.43. The number of aromatic nitrogens is 4. The van der Waals surface area contributed by atoms with Gasteiger partial charge in [0.25, 0.3) is 5.91 Å². The van der Waals surface area contributed by atoms with Crippen LogP contribution in [0.5, 0.6) is 5.75 Å². The van der Waals surface area contributed by atoms with E-state index in [1.807, 2.05) is 36.0 Å². The molecule has 0 radical (unpaired) electrons. The average molecular weight is 496 g/mol. The van der Waals surface area contributed by atoms with E-state index < -0.39 is 0 Å². The number of nitrogens with zero attached hydrogens (tertiary/aromatic N) is 4. The molecule has 186 valence electrons. The SMILES string of the molecule is CCC(c1ccc(C(=O)NC)cc1OC)C(CNc1cc(-c2cnc(NC)nc2)ncn1)CSC. The van der Waals surface area contributed by atoms with E-state index in [1.165, 1.54) is 0 Å². The fourth-order valence-electron chi connectivity index (χ4n) is 4.08. The van der Waals surface area contributed by atoms with E-state index >= 15 is 0 Å². The molecular weight excluding hydrogens is 462 g/mol. The van der Waals surface area contributed by atoms with Crippen molar-refractivity contribution in [1.29, 1.82) is 0 Å². The van der Waals surface area contributed by atoms with Crippen molar-refractivity contribution in [2.24, 2.45) is 5.92 Å². The van der Waals surface area contributed by atoms with Gasteiger partial charge in [-0.1, -0.05) is 13.0 Å². The number of thioether (sulfide) groups is 1. The van der Waals surface area contributed by atoms with Crippen molar-refractivity contribution >= 4 is 29.4 Å². The highest BCUT2D eigenvalue weighted by atomic mass is 32.2. The Morgan fingerprint density at radius 3 is 2.51 bits per heavy atom. The predicted molar refractivity (Wildman–Crippen MR) is 142 cm³/mol. The Labute approximate surface area is 210 Å². The summed E-state index contributed by atoms with van der Waals surface area (Å²) in [4.78, 5) is 29.4. The van der Waals surface area contributed by atoms with Crippen LogP contribution in [0.1, 0.15) is 35.2 Å². The maximum absolute atomic E-state index is 12.1. The minimum atomic E-state index is -0.129.